The molecule has 0 atom stereocenters. The van der Waals surface area contributed by atoms with Gasteiger partial charge < -0.3 is 5.32 Å². The molecule has 0 aliphatic rings. The molecule has 2 heteroatoms. The molecule has 1 rings (SSSR count). The number of aryl methyl sites for hydroxylation is 1. The summed E-state index contributed by atoms with van der Waals surface area (Å²) in [5.74, 6) is -0.121. The summed E-state index contributed by atoms with van der Waals surface area (Å²) in [7, 11) is 0. The SMILES string of the molecule is CCCCCC(CCCCC)Nc1ccc(F)c(C)c1. The highest BCUT2D eigenvalue weighted by molar-refractivity contribution is 5.46. The molecule has 0 fully saturated rings. The maximum atomic E-state index is 13.3. The molecule has 0 heterocycles. The Morgan fingerprint density at radius 1 is 1.00 bits per heavy atom. The Kier molecular flexibility index (Phi) is 8.32. The Bertz CT molecular complexity index is 366. The summed E-state index contributed by atoms with van der Waals surface area (Å²) in [6.07, 6.45) is 10.1. The molecule has 114 valence electrons. The van der Waals surface area contributed by atoms with Crippen molar-refractivity contribution in [3.8, 4) is 0 Å². The van der Waals surface area contributed by atoms with E-state index >= 15 is 0 Å². The molecule has 0 saturated carbocycles. The van der Waals surface area contributed by atoms with Gasteiger partial charge in [0.25, 0.3) is 0 Å². The Hall–Kier alpha value is -1.05. The molecule has 0 aliphatic carbocycles. The molecular weight excluding hydrogens is 249 g/mol. The van der Waals surface area contributed by atoms with E-state index in [0.717, 1.165) is 11.3 Å². The first-order valence-corrected chi connectivity index (χ1v) is 8.20. The van der Waals surface area contributed by atoms with E-state index in [4.69, 9.17) is 0 Å². The van der Waals surface area contributed by atoms with Crippen LogP contribution in [0.1, 0.15) is 70.8 Å². The molecule has 0 spiro atoms. The van der Waals surface area contributed by atoms with Crippen molar-refractivity contribution in [2.45, 2.75) is 78.2 Å². The van der Waals surface area contributed by atoms with E-state index in [-0.39, 0.29) is 5.82 Å². The number of halogens is 1. The minimum Gasteiger partial charge on any atom is -0.382 e. The molecule has 0 unspecified atom stereocenters. The van der Waals surface area contributed by atoms with Gasteiger partial charge in [-0.1, -0.05) is 52.4 Å². The largest absolute Gasteiger partial charge is 0.382 e. The van der Waals surface area contributed by atoms with E-state index in [1.54, 1.807) is 6.07 Å². The fourth-order valence-corrected chi connectivity index (χ4v) is 2.54. The molecule has 0 aliphatic heterocycles. The number of hydrogen-bond donors (Lipinski definition) is 1. The molecule has 20 heavy (non-hydrogen) atoms. The van der Waals surface area contributed by atoms with Crippen molar-refractivity contribution in [1.82, 2.24) is 0 Å². The summed E-state index contributed by atoms with van der Waals surface area (Å²) < 4.78 is 13.3. The zero-order valence-corrected chi connectivity index (χ0v) is 13.3. The topological polar surface area (TPSA) is 12.0 Å². The highest BCUT2D eigenvalue weighted by Crippen LogP contribution is 2.19. The van der Waals surface area contributed by atoms with E-state index in [1.807, 2.05) is 19.1 Å². The number of rotatable bonds is 10. The second kappa shape index (κ2) is 9.79. The number of benzene rings is 1. The van der Waals surface area contributed by atoms with Crippen molar-refractivity contribution in [1.29, 1.82) is 0 Å². The lowest BCUT2D eigenvalue weighted by molar-refractivity contribution is 0.526. The first-order chi connectivity index (χ1) is 9.67. The summed E-state index contributed by atoms with van der Waals surface area (Å²) in [6.45, 7) is 6.30. The van der Waals surface area contributed by atoms with Gasteiger partial charge in [0, 0.05) is 11.7 Å². The fraction of sp³-hybridized carbons (Fsp3) is 0.667. The zero-order chi connectivity index (χ0) is 14.8. The Morgan fingerprint density at radius 3 is 2.10 bits per heavy atom. The summed E-state index contributed by atoms with van der Waals surface area (Å²) in [4.78, 5) is 0. The van der Waals surface area contributed by atoms with Gasteiger partial charge in [0.2, 0.25) is 0 Å². The average Bonchev–Trinajstić information content (AvgIpc) is 2.43. The van der Waals surface area contributed by atoms with Crippen LogP contribution < -0.4 is 5.32 Å². The van der Waals surface area contributed by atoms with Crippen LogP contribution in [0.25, 0.3) is 0 Å². The van der Waals surface area contributed by atoms with Crippen molar-refractivity contribution in [3.63, 3.8) is 0 Å². The van der Waals surface area contributed by atoms with Crippen LogP contribution in [0.5, 0.6) is 0 Å². The minimum atomic E-state index is -0.121. The van der Waals surface area contributed by atoms with E-state index in [2.05, 4.69) is 19.2 Å². The minimum absolute atomic E-state index is 0.121. The van der Waals surface area contributed by atoms with Crippen LogP contribution in [0.15, 0.2) is 18.2 Å². The van der Waals surface area contributed by atoms with E-state index in [0.29, 0.717) is 6.04 Å². The van der Waals surface area contributed by atoms with Gasteiger partial charge in [-0.2, -0.15) is 0 Å². The molecule has 0 bridgehead atoms. The van der Waals surface area contributed by atoms with E-state index in [1.165, 1.54) is 51.4 Å². The molecule has 0 radical (unpaired) electrons. The summed E-state index contributed by atoms with van der Waals surface area (Å²) in [5, 5.41) is 3.60. The predicted octanol–water partition coefficient (Wildman–Crippen LogP) is 6.08. The normalized spacial score (nSPS) is 11.1. The third-order valence-corrected chi connectivity index (χ3v) is 3.84. The Balaban J connectivity index is 2.54. The second-order valence-electron chi connectivity index (χ2n) is 5.80. The molecule has 1 aromatic rings. The quantitative estimate of drug-likeness (QED) is 0.512. The van der Waals surface area contributed by atoms with Crippen LogP contribution in [-0.4, -0.2) is 6.04 Å². The van der Waals surface area contributed by atoms with Crippen LogP contribution in [0.3, 0.4) is 0 Å². The maximum absolute atomic E-state index is 13.3. The van der Waals surface area contributed by atoms with Gasteiger partial charge in [0.05, 0.1) is 0 Å². The fourth-order valence-electron chi connectivity index (χ4n) is 2.54. The smallest absolute Gasteiger partial charge is 0.126 e. The van der Waals surface area contributed by atoms with E-state index in [9.17, 15) is 4.39 Å². The third kappa shape index (κ3) is 6.40. The van der Waals surface area contributed by atoms with Gasteiger partial charge in [-0.25, -0.2) is 4.39 Å². The van der Waals surface area contributed by atoms with Crippen molar-refractivity contribution in [3.05, 3.63) is 29.6 Å². The second-order valence-corrected chi connectivity index (χ2v) is 5.80. The lowest BCUT2D eigenvalue weighted by Crippen LogP contribution is -2.19. The molecule has 1 N–H and O–H groups in total. The van der Waals surface area contributed by atoms with Crippen molar-refractivity contribution in [2.75, 3.05) is 5.32 Å². The lowest BCUT2D eigenvalue weighted by atomic mass is 10.0. The van der Waals surface area contributed by atoms with Crippen LogP contribution >= 0.6 is 0 Å². The van der Waals surface area contributed by atoms with Gasteiger partial charge in [-0.15, -0.1) is 0 Å². The van der Waals surface area contributed by atoms with Crippen molar-refractivity contribution in [2.24, 2.45) is 0 Å². The van der Waals surface area contributed by atoms with Gasteiger partial charge in [-0.3, -0.25) is 0 Å². The zero-order valence-electron chi connectivity index (χ0n) is 13.3. The Labute approximate surface area is 124 Å². The van der Waals surface area contributed by atoms with Crippen LogP contribution in [-0.2, 0) is 0 Å². The lowest BCUT2D eigenvalue weighted by Gasteiger charge is -2.20. The van der Waals surface area contributed by atoms with E-state index < -0.39 is 0 Å². The van der Waals surface area contributed by atoms with Crippen LogP contribution in [0, 0.1) is 12.7 Å². The molecule has 1 nitrogen and oxygen atoms in total. The molecule has 0 aromatic heterocycles. The summed E-state index contributed by atoms with van der Waals surface area (Å²) >= 11 is 0. The van der Waals surface area contributed by atoms with Crippen LogP contribution in [0.2, 0.25) is 0 Å². The molecule has 0 amide bonds. The predicted molar refractivity (Wildman–Crippen MR) is 86.8 cm³/mol. The highest BCUT2D eigenvalue weighted by atomic mass is 19.1. The van der Waals surface area contributed by atoms with Gasteiger partial charge in [-0.05, 0) is 43.5 Å². The molecule has 1 aromatic carbocycles. The average molecular weight is 279 g/mol. The summed E-state index contributed by atoms with van der Waals surface area (Å²) in [5.41, 5.74) is 1.78. The molecule has 0 saturated heterocycles. The van der Waals surface area contributed by atoms with Gasteiger partial charge in [0.15, 0.2) is 0 Å². The van der Waals surface area contributed by atoms with Crippen molar-refractivity contribution < 1.29 is 4.39 Å². The number of nitrogens with one attached hydrogen (secondary N) is 1. The number of unbranched alkanes of at least 4 members (excludes halogenated alkanes) is 4. The first kappa shape index (κ1) is 17.0. The monoisotopic (exact) mass is 279 g/mol. The van der Waals surface area contributed by atoms with Gasteiger partial charge in [0.1, 0.15) is 5.82 Å². The third-order valence-electron chi connectivity index (χ3n) is 3.84. The maximum Gasteiger partial charge on any atom is 0.126 e. The first-order valence-electron chi connectivity index (χ1n) is 8.20. The standard InChI is InChI=1S/C18H30FN/c1-4-6-8-10-16(11-9-7-5-2)20-17-12-13-18(19)15(3)14-17/h12-14,16,20H,4-11H2,1-3H3. The molecular formula is C18H30FN. The van der Waals surface area contributed by atoms with Gasteiger partial charge >= 0.3 is 0 Å². The van der Waals surface area contributed by atoms with Crippen molar-refractivity contribution >= 4 is 5.69 Å². The van der Waals surface area contributed by atoms with Crippen LogP contribution in [0.4, 0.5) is 10.1 Å². The number of anilines is 1. The highest BCUT2D eigenvalue weighted by Gasteiger charge is 2.09. The summed E-state index contributed by atoms with van der Waals surface area (Å²) in [6, 6.07) is 5.86. The Morgan fingerprint density at radius 2 is 1.60 bits per heavy atom. The number of hydrogen-bond acceptors (Lipinski definition) is 1.